The number of benzene rings is 2. The Hall–Kier alpha value is -2.67. The van der Waals surface area contributed by atoms with Crippen molar-refractivity contribution < 1.29 is 9.47 Å². The summed E-state index contributed by atoms with van der Waals surface area (Å²) in [4.78, 5) is 0. The minimum Gasteiger partial charge on any atom is -0.496 e. The molecular weight excluding hydrogens is 252 g/mol. The minimum absolute atomic E-state index is 0.322. The second kappa shape index (κ2) is 5.98. The normalized spacial score (nSPS) is 9.85. The van der Waals surface area contributed by atoms with E-state index in [4.69, 9.17) is 20.5 Å². The van der Waals surface area contributed by atoms with Crippen LogP contribution in [0.25, 0.3) is 0 Å². The fourth-order valence-electron chi connectivity index (χ4n) is 1.90. The van der Waals surface area contributed by atoms with E-state index in [1.165, 1.54) is 0 Å². The van der Waals surface area contributed by atoms with E-state index in [-0.39, 0.29) is 0 Å². The van der Waals surface area contributed by atoms with Crippen molar-refractivity contribution in [2.45, 2.75) is 13.5 Å². The Bertz CT molecular complexity index is 660. The molecule has 0 aliphatic carbocycles. The summed E-state index contributed by atoms with van der Waals surface area (Å²) < 4.78 is 11.0. The fraction of sp³-hybridized carbons (Fsp3) is 0.188. The predicted molar refractivity (Wildman–Crippen MR) is 77.6 cm³/mol. The van der Waals surface area contributed by atoms with E-state index in [1.54, 1.807) is 25.3 Å². The third kappa shape index (κ3) is 2.83. The van der Waals surface area contributed by atoms with Crippen molar-refractivity contribution in [2.75, 3.05) is 12.8 Å². The van der Waals surface area contributed by atoms with Crippen molar-refractivity contribution in [3.63, 3.8) is 0 Å². The van der Waals surface area contributed by atoms with Gasteiger partial charge in [-0.25, -0.2) is 0 Å². The number of anilines is 1. The van der Waals surface area contributed by atoms with E-state index in [0.717, 1.165) is 16.9 Å². The molecule has 4 nitrogen and oxygen atoms in total. The van der Waals surface area contributed by atoms with Crippen LogP contribution in [0, 0.1) is 18.3 Å². The first-order chi connectivity index (χ1) is 9.65. The Kier molecular flexibility index (Phi) is 4.11. The van der Waals surface area contributed by atoms with E-state index < -0.39 is 0 Å². The lowest BCUT2D eigenvalue weighted by molar-refractivity contribution is 0.295. The van der Waals surface area contributed by atoms with Crippen molar-refractivity contribution >= 4 is 5.69 Å². The van der Waals surface area contributed by atoms with Gasteiger partial charge in [-0.1, -0.05) is 6.07 Å². The molecule has 2 aromatic carbocycles. The Morgan fingerprint density at radius 2 is 2.00 bits per heavy atom. The van der Waals surface area contributed by atoms with Crippen LogP contribution in [0.15, 0.2) is 36.4 Å². The topological polar surface area (TPSA) is 68.3 Å². The number of nitriles is 1. The highest BCUT2D eigenvalue weighted by molar-refractivity contribution is 5.53. The van der Waals surface area contributed by atoms with Gasteiger partial charge in [0.15, 0.2) is 0 Å². The zero-order chi connectivity index (χ0) is 14.5. The summed E-state index contributed by atoms with van der Waals surface area (Å²) in [5, 5.41) is 8.94. The Morgan fingerprint density at radius 1 is 1.20 bits per heavy atom. The van der Waals surface area contributed by atoms with Crippen LogP contribution in [0.3, 0.4) is 0 Å². The molecule has 0 aromatic heterocycles. The Balaban J connectivity index is 2.22. The highest BCUT2D eigenvalue weighted by Gasteiger charge is 2.07. The highest BCUT2D eigenvalue weighted by atomic mass is 16.5. The molecule has 2 N–H and O–H groups in total. The van der Waals surface area contributed by atoms with Crippen molar-refractivity contribution in [1.29, 1.82) is 5.26 Å². The Morgan fingerprint density at radius 3 is 2.70 bits per heavy atom. The number of hydrogen-bond donors (Lipinski definition) is 1. The number of hydrogen-bond acceptors (Lipinski definition) is 4. The smallest absolute Gasteiger partial charge is 0.125 e. The molecule has 0 atom stereocenters. The van der Waals surface area contributed by atoms with Gasteiger partial charge >= 0.3 is 0 Å². The van der Waals surface area contributed by atoms with Crippen LogP contribution in [0.5, 0.6) is 11.5 Å². The van der Waals surface area contributed by atoms with E-state index in [2.05, 4.69) is 6.07 Å². The third-order valence-electron chi connectivity index (χ3n) is 3.12. The van der Waals surface area contributed by atoms with Gasteiger partial charge in [-0.15, -0.1) is 0 Å². The van der Waals surface area contributed by atoms with E-state index in [1.807, 2.05) is 25.1 Å². The lowest BCUT2D eigenvalue weighted by Crippen LogP contribution is -2.01. The quantitative estimate of drug-likeness (QED) is 0.865. The van der Waals surface area contributed by atoms with Crippen molar-refractivity contribution in [3.8, 4) is 17.6 Å². The van der Waals surface area contributed by atoms with Gasteiger partial charge < -0.3 is 15.2 Å². The zero-order valence-corrected chi connectivity index (χ0v) is 11.5. The summed E-state index contributed by atoms with van der Waals surface area (Å²) in [5.41, 5.74) is 8.85. The zero-order valence-electron chi connectivity index (χ0n) is 11.5. The fourth-order valence-corrected chi connectivity index (χ4v) is 1.90. The lowest BCUT2D eigenvalue weighted by Gasteiger charge is -2.13. The number of methoxy groups -OCH3 is 1. The van der Waals surface area contributed by atoms with Gasteiger partial charge in [-0.05, 0) is 37.3 Å². The number of nitrogen functional groups attached to an aromatic ring is 1. The maximum Gasteiger partial charge on any atom is 0.125 e. The molecule has 102 valence electrons. The van der Waals surface area contributed by atoms with Gasteiger partial charge in [0.05, 0.1) is 18.7 Å². The van der Waals surface area contributed by atoms with Crippen LogP contribution in [0.4, 0.5) is 5.69 Å². The molecule has 0 radical (unpaired) electrons. The summed E-state index contributed by atoms with van der Waals surface area (Å²) in [6.07, 6.45) is 0. The van der Waals surface area contributed by atoms with Gasteiger partial charge in [0.25, 0.3) is 0 Å². The molecule has 0 bridgehead atoms. The second-order valence-corrected chi connectivity index (χ2v) is 4.40. The largest absolute Gasteiger partial charge is 0.496 e. The summed E-state index contributed by atoms with van der Waals surface area (Å²) >= 11 is 0. The number of nitrogens with zero attached hydrogens (tertiary/aromatic N) is 1. The Labute approximate surface area is 118 Å². The van der Waals surface area contributed by atoms with Crippen LogP contribution < -0.4 is 15.2 Å². The summed E-state index contributed by atoms with van der Waals surface area (Å²) in [5.74, 6) is 1.43. The average molecular weight is 268 g/mol. The van der Waals surface area contributed by atoms with E-state index >= 15 is 0 Å². The van der Waals surface area contributed by atoms with Crippen LogP contribution in [0.1, 0.15) is 16.7 Å². The second-order valence-electron chi connectivity index (χ2n) is 4.40. The standard InChI is InChI=1S/C16H16N2O2/c1-11-14(18)4-3-5-15(11)20-10-13-8-12(9-17)6-7-16(13)19-2/h3-8H,10,18H2,1-2H3. The molecule has 0 fully saturated rings. The monoisotopic (exact) mass is 268 g/mol. The average Bonchev–Trinajstić information content (AvgIpc) is 2.48. The molecule has 20 heavy (non-hydrogen) atoms. The summed E-state index contributed by atoms with van der Waals surface area (Å²) in [7, 11) is 1.59. The summed E-state index contributed by atoms with van der Waals surface area (Å²) in [6, 6.07) is 12.9. The van der Waals surface area contributed by atoms with Gasteiger partial charge in [0.1, 0.15) is 18.1 Å². The van der Waals surface area contributed by atoms with Gasteiger partial charge in [-0.3, -0.25) is 0 Å². The molecule has 0 heterocycles. The molecule has 2 aromatic rings. The first kappa shape index (κ1) is 13.8. The van der Waals surface area contributed by atoms with E-state index in [9.17, 15) is 0 Å². The number of rotatable bonds is 4. The molecule has 2 rings (SSSR count). The molecular formula is C16H16N2O2. The van der Waals surface area contributed by atoms with Crippen molar-refractivity contribution in [1.82, 2.24) is 0 Å². The maximum absolute atomic E-state index is 8.94. The first-order valence-electron chi connectivity index (χ1n) is 6.20. The minimum atomic E-state index is 0.322. The molecule has 0 amide bonds. The third-order valence-corrected chi connectivity index (χ3v) is 3.12. The first-order valence-corrected chi connectivity index (χ1v) is 6.20. The van der Waals surface area contributed by atoms with Crippen molar-refractivity contribution in [2.24, 2.45) is 0 Å². The predicted octanol–water partition coefficient (Wildman–Crippen LogP) is 3.04. The number of nitrogens with two attached hydrogens (primary N) is 1. The van der Waals surface area contributed by atoms with Crippen LogP contribution in [-0.4, -0.2) is 7.11 Å². The van der Waals surface area contributed by atoms with Crippen LogP contribution >= 0.6 is 0 Å². The van der Waals surface area contributed by atoms with Crippen molar-refractivity contribution in [3.05, 3.63) is 53.1 Å². The molecule has 0 saturated carbocycles. The van der Waals surface area contributed by atoms with Crippen LogP contribution in [0.2, 0.25) is 0 Å². The molecule has 4 heteroatoms. The lowest BCUT2D eigenvalue weighted by atomic mass is 10.1. The summed E-state index contributed by atoms with van der Waals surface area (Å²) in [6.45, 7) is 2.23. The van der Waals surface area contributed by atoms with Gasteiger partial charge in [-0.2, -0.15) is 5.26 Å². The van der Waals surface area contributed by atoms with E-state index in [0.29, 0.717) is 23.6 Å². The molecule has 0 aliphatic heterocycles. The van der Waals surface area contributed by atoms with Crippen LogP contribution in [-0.2, 0) is 6.61 Å². The maximum atomic E-state index is 8.94. The van der Waals surface area contributed by atoms with Gasteiger partial charge in [0, 0.05) is 16.8 Å². The SMILES string of the molecule is COc1ccc(C#N)cc1COc1cccc(N)c1C. The molecule has 0 spiro atoms. The van der Waals surface area contributed by atoms with Gasteiger partial charge in [0.2, 0.25) is 0 Å². The highest BCUT2D eigenvalue weighted by Crippen LogP contribution is 2.26. The molecule has 0 aliphatic rings. The molecule has 0 saturated heterocycles. The number of ether oxygens (including phenoxy) is 2. The molecule has 0 unspecified atom stereocenters.